The molecule has 1 heterocycles. The van der Waals surface area contributed by atoms with E-state index in [-0.39, 0.29) is 43.0 Å². The van der Waals surface area contributed by atoms with E-state index in [0.29, 0.717) is 6.42 Å². The van der Waals surface area contributed by atoms with Crippen LogP contribution in [0.5, 0.6) is 0 Å². The van der Waals surface area contributed by atoms with Crippen LogP contribution in [0.4, 0.5) is 4.79 Å². The van der Waals surface area contributed by atoms with Crippen molar-refractivity contribution in [3.8, 4) is 0 Å². The van der Waals surface area contributed by atoms with Gasteiger partial charge in [-0.3, -0.25) is 19.3 Å². The number of amides is 2. The lowest BCUT2D eigenvalue weighted by molar-refractivity contribution is -0.141. The highest BCUT2D eigenvalue weighted by atomic mass is 16.6. The molecule has 1 saturated heterocycles. The highest BCUT2D eigenvalue weighted by Gasteiger charge is 2.48. The average molecular weight is 396 g/mol. The molecule has 8 heteroatoms. The van der Waals surface area contributed by atoms with Crippen LogP contribution in [0, 0.1) is 5.92 Å². The molecule has 28 heavy (non-hydrogen) atoms. The van der Waals surface area contributed by atoms with Gasteiger partial charge in [-0.05, 0) is 46.0 Å². The molecule has 0 radical (unpaired) electrons. The van der Waals surface area contributed by atoms with Gasteiger partial charge in [0.1, 0.15) is 11.6 Å². The number of nitrogens with zero attached hydrogens (tertiary/aromatic N) is 1. The molecule has 1 N–H and O–H groups in total. The zero-order valence-electron chi connectivity index (χ0n) is 17.3. The Balaban J connectivity index is 1.99. The minimum Gasteiger partial charge on any atom is -0.469 e. The number of ether oxygens (including phenoxy) is 2. The van der Waals surface area contributed by atoms with Gasteiger partial charge in [0.2, 0.25) is 5.91 Å². The molecule has 0 aromatic carbocycles. The summed E-state index contributed by atoms with van der Waals surface area (Å²) < 4.78 is 10.0. The van der Waals surface area contributed by atoms with E-state index >= 15 is 0 Å². The largest absolute Gasteiger partial charge is 0.469 e. The van der Waals surface area contributed by atoms with Gasteiger partial charge < -0.3 is 14.8 Å². The van der Waals surface area contributed by atoms with Crippen molar-refractivity contribution in [1.82, 2.24) is 10.2 Å². The van der Waals surface area contributed by atoms with Gasteiger partial charge >= 0.3 is 12.1 Å². The highest BCUT2D eigenvalue weighted by molar-refractivity contribution is 5.91. The lowest BCUT2D eigenvalue weighted by Gasteiger charge is -2.34. The summed E-state index contributed by atoms with van der Waals surface area (Å²) >= 11 is 0. The first-order valence-corrected chi connectivity index (χ1v) is 10.00. The van der Waals surface area contributed by atoms with Gasteiger partial charge in [-0.1, -0.05) is 12.8 Å². The monoisotopic (exact) mass is 396 g/mol. The van der Waals surface area contributed by atoms with Gasteiger partial charge in [0, 0.05) is 12.5 Å². The number of ketones is 1. The summed E-state index contributed by atoms with van der Waals surface area (Å²) in [4.78, 5) is 50.2. The molecule has 2 aliphatic rings. The van der Waals surface area contributed by atoms with E-state index in [4.69, 9.17) is 4.74 Å². The third kappa shape index (κ3) is 5.94. The van der Waals surface area contributed by atoms with Crippen molar-refractivity contribution in [2.75, 3.05) is 13.7 Å². The first-order valence-electron chi connectivity index (χ1n) is 10.00. The minimum atomic E-state index is -0.644. The fourth-order valence-electron chi connectivity index (χ4n) is 4.01. The number of hydrogen-bond acceptors (Lipinski definition) is 6. The average Bonchev–Trinajstić information content (AvgIpc) is 3.02. The molecule has 1 aliphatic heterocycles. The summed E-state index contributed by atoms with van der Waals surface area (Å²) in [6.45, 7) is 5.24. The standard InChI is InChI=1S/C20H32N2O6/c1-20(2,3)28-19(26)22-15-8-6-5-7-13(15)11-16(22)18(25)21-12-14(23)9-10-17(24)27-4/h13,15-16H,5-12H2,1-4H3,(H,21,25)/t13-,15-,16-/m0/s1. The second kappa shape index (κ2) is 9.39. The fraction of sp³-hybridized carbons (Fsp3) is 0.800. The summed E-state index contributed by atoms with van der Waals surface area (Å²) in [6.07, 6.45) is 4.11. The number of likely N-dealkylation sites (tertiary alicyclic amines) is 1. The normalized spacial score (nSPS) is 24.3. The summed E-state index contributed by atoms with van der Waals surface area (Å²) in [5, 5.41) is 2.63. The van der Waals surface area contributed by atoms with Crippen LogP contribution >= 0.6 is 0 Å². The van der Waals surface area contributed by atoms with Crippen LogP contribution in [-0.2, 0) is 23.9 Å². The van der Waals surface area contributed by atoms with Gasteiger partial charge in [0.05, 0.1) is 20.1 Å². The molecule has 0 bridgehead atoms. The first kappa shape index (κ1) is 22.2. The van der Waals surface area contributed by atoms with Crippen molar-refractivity contribution in [1.29, 1.82) is 0 Å². The van der Waals surface area contributed by atoms with E-state index in [9.17, 15) is 19.2 Å². The molecule has 2 fully saturated rings. The Morgan fingerprint density at radius 2 is 1.75 bits per heavy atom. The van der Waals surface area contributed by atoms with E-state index in [0.717, 1.165) is 25.7 Å². The predicted molar refractivity (Wildman–Crippen MR) is 101 cm³/mol. The maximum Gasteiger partial charge on any atom is 0.411 e. The SMILES string of the molecule is COC(=O)CCC(=O)CNC(=O)[C@@H]1C[C@@H]2CCCC[C@@H]2N1C(=O)OC(C)(C)C. The van der Waals surface area contributed by atoms with Gasteiger partial charge in [-0.15, -0.1) is 0 Å². The zero-order chi connectivity index (χ0) is 20.9. The Kier molecular flexibility index (Phi) is 7.43. The highest BCUT2D eigenvalue weighted by Crippen LogP contribution is 2.40. The second-order valence-corrected chi connectivity index (χ2v) is 8.58. The van der Waals surface area contributed by atoms with Gasteiger partial charge in [-0.2, -0.15) is 0 Å². The van der Waals surface area contributed by atoms with Crippen LogP contribution in [0.2, 0.25) is 0 Å². The molecule has 158 valence electrons. The Labute approximate surface area is 166 Å². The lowest BCUT2D eigenvalue weighted by Crippen LogP contribution is -2.51. The number of hydrogen-bond donors (Lipinski definition) is 1. The van der Waals surface area contributed by atoms with Crippen LogP contribution in [-0.4, -0.2) is 60.0 Å². The maximum atomic E-state index is 12.8. The third-order valence-electron chi connectivity index (χ3n) is 5.29. The molecule has 0 aromatic rings. The van der Waals surface area contributed by atoms with E-state index in [1.54, 1.807) is 25.7 Å². The molecular weight excluding hydrogens is 364 g/mol. The van der Waals surface area contributed by atoms with Crippen molar-refractivity contribution < 1.29 is 28.7 Å². The number of methoxy groups -OCH3 is 1. The second-order valence-electron chi connectivity index (χ2n) is 8.58. The maximum absolute atomic E-state index is 12.8. The molecule has 2 rings (SSSR count). The van der Waals surface area contributed by atoms with Crippen molar-refractivity contribution in [3.63, 3.8) is 0 Å². The Hall–Kier alpha value is -2.12. The number of esters is 1. The summed E-state index contributed by atoms with van der Waals surface area (Å²) in [6, 6.07) is -0.620. The number of Topliss-reactive ketones (excluding diaryl/α,β-unsaturated/α-hetero) is 1. The molecule has 0 spiro atoms. The lowest BCUT2D eigenvalue weighted by atomic mass is 9.85. The summed E-state index contributed by atoms with van der Waals surface area (Å²) in [7, 11) is 1.26. The Morgan fingerprint density at radius 3 is 2.39 bits per heavy atom. The molecule has 0 unspecified atom stereocenters. The number of carbonyl (C=O) groups is 4. The zero-order valence-corrected chi connectivity index (χ0v) is 17.3. The molecule has 3 atom stereocenters. The fourth-order valence-corrected chi connectivity index (χ4v) is 4.01. The van der Waals surface area contributed by atoms with Crippen molar-refractivity contribution in [2.45, 2.75) is 83.4 Å². The quantitative estimate of drug-likeness (QED) is 0.691. The van der Waals surface area contributed by atoms with Crippen LogP contribution in [0.3, 0.4) is 0 Å². The first-order chi connectivity index (χ1) is 13.1. The molecule has 8 nitrogen and oxygen atoms in total. The topological polar surface area (TPSA) is 102 Å². The van der Waals surface area contributed by atoms with Crippen LogP contribution in [0.1, 0.15) is 65.7 Å². The van der Waals surface area contributed by atoms with Crippen molar-refractivity contribution in [2.24, 2.45) is 5.92 Å². The van der Waals surface area contributed by atoms with Gasteiger partial charge in [-0.25, -0.2) is 4.79 Å². The molecular formula is C20H32N2O6. The molecule has 1 aliphatic carbocycles. The minimum absolute atomic E-state index is 0.00868. The van der Waals surface area contributed by atoms with E-state index in [1.807, 2.05) is 0 Å². The summed E-state index contributed by atoms with van der Waals surface area (Å²) in [5.41, 5.74) is -0.644. The number of carbonyl (C=O) groups excluding carboxylic acids is 4. The molecule has 0 aromatic heterocycles. The number of rotatable bonds is 6. The van der Waals surface area contributed by atoms with Gasteiger partial charge in [0.25, 0.3) is 0 Å². The van der Waals surface area contributed by atoms with Crippen LogP contribution in [0.15, 0.2) is 0 Å². The van der Waals surface area contributed by atoms with Crippen LogP contribution < -0.4 is 5.32 Å². The van der Waals surface area contributed by atoms with Gasteiger partial charge in [0.15, 0.2) is 5.78 Å². The number of fused-ring (bicyclic) bond motifs is 1. The van der Waals surface area contributed by atoms with E-state index in [1.165, 1.54) is 7.11 Å². The third-order valence-corrected chi connectivity index (χ3v) is 5.29. The van der Waals surface area contributed by atoms with E-state index < -0.39 is 23.7 Å². The predicted octanol–water partition coefficient (Wildman–Crippen LogP) is 2.19. The van der Waals surface area contributed by atoms with Crippen LogP contribution in [0.25, 0.3) is 0 Å². The summed E-state index contributed by atoms with van der Waals surface area (Å²) in [5.74, 6) is -0.771. The Bertz CT molecular complexity index is 612. The molecule has 2 amide bonds. The number of nitrogens with one attached hydrogen (secondary N) is 1. The van der Waals surface area contributed by atoms with Crippen molar-refractivity contribution in [3.05, 3.63) is 0 Å². The smallest absolute Gasteiger partial charge is 0.411 e. The molecule has 1 saturated carbocycles. The van der Waals surface area contributed by atoms with E-state index in [2.05, 4.69) is 10.1 Å². The Morgan fingerprint density at radius 1 is 1.07 bits per heavy atom. The van der Waals surface area contributed by atoms with Crippen molar-refractivity contribution >= 4 is 23.8 Å².